The minimum Gasteiger partial charge on any atom is -0.744 e. The number of ketones is 1. The molecule has 2 aromatic carbocycles. The van der Waals surface area contributed by atoms with Gasteiger partial charge in [-0.15, -0.1) is 0 Å². The molecule has 0 saturated heterocycles. The summed E-state index contributed by atoms with van der Waals surface area (Å²) in [7, 11) is -4.66. The Kier molecular flexibility index (Phi) is 4.57. The molecule has 6 heteroatoms. The molecule has 0 bridgehead atoms. The molecule has 0 spiro atoms. The number of allylic oxidation sites excluding steroid dienone is 4. The van der Waals surface area contributed by atoms with Crippen molar-refractivity contribution in [3.05, 3.63) is 84.0 Å². The van der Waals surface area contributed by atoms with Gasteiger partial charge < -0.3 is 9.66 Å². The lowest BCUT2D eigenvalue weighted by molar-refractivity contribution is -0.110. The van der Waals surface area contributed by atoms with Crippen molar-refractivity contribution < 1.29 is 22.9 Å². The van der Waals surface area contributed by atoms with Crippen LogP contribution in [-0.4, -0.2) is 23.9 Å². The molecule has 3 rings (SSSR count). The molecule has 0 aromatic heterocycles. The first kappa shape index (κ1) is 17.1. The number of rotatable bonds is 4. The van der Waals surface area contributed by atoms with E-state index in [2.05, 4.69) is 0 Å². The maximum absolute atomic E-state index is 11.7. The Balaban J connectivity index is 2.19. The third-order valence-electron chi connectivity index (χ3n) is 4.13. The predicted octanol–water partition coefficient (Wildman–Crippen LogP) is 2.74. The molecule has 128 valence electrons. The Hall–Kier alpha value is -2.70. The third kappa shape index (κ3) is 3.70. The highest BCUT2D eigenvalue weighted by molar-refractivity contribution is 7.85. The van der Waals surface area contributed by atoms with Gasteiger partial charge in [-0.05, 0) is 41.5 Å². The smallest absolute Gasteiger partial charge is 0.178 e. The molecule has 25 heavy (non-hydrogen) atoms. The molecule has 1 N–H and O–H groups in total. The van der Waals surface area contributed by atoms with Crippen LogP contribution in [0, 0.1) is 5.92 Å². The first-order valence-electron chi connectivity index (χ1n) is 7.60. The lowest BCUT2D eigenvalue weighted by Gasteiger charge is -2.27. The molecule has 5 nitrogen and oxygen atoms in total. The quantitative estimate of drug-likeness (QED) is 0.851. The number of phenols is 1. The van der Waals surface area contributed by atoms with Crippen LogP contribution in [0.25, 0.3) is 0 Å². The summed E-state index contributed by atoms with van der Waals surface area (Å²) in [5.74, 6) is -0.853. The molecule has 0 aliphatic heterocycles. The number of carbonyl (C=O) groups excluding carboxylic acids is 1. The summed E-state index contributed by atoms with van der Waals surface area (Å²) in [5, 5.41) is 9.52. The van der Waals surface area contributed by atoms with E-state index in [1.54, 1.807) is 36.4 Å². The van der Waals surface area contributed by atoms with E-state index >= 15 is 0 Å². The summed E-state index contributed by atoms with van der Waals surface area (Å²) in [6, 6.07) is 12.4. The van der Waals surface area contributed by atoms with Crippen LogP contribution >= 0.6 is 0 Å². The van der Waals surface area contributed by atoms with Crippen LogP contribution in [0.1, 0.15) is 17.0 Å². The van der Waals surface area contributed by atoms with Gasteiger partial charge in [0.2, 0.25) is 0 Å². The highest BCUT2D eigenvalue weighted by Gasteiger charge is 2.26. The van der Waals surface area contributed by atoms with Crippen LogP contribution in [-0.2, 0) is 14.9 Å². The van der Waals surface area contributed by atoms with Crippen LogP contribution < -0.4 is 0 Å². The molecule has 0 heterocycles. The van der Waals surface area contributed by atoms with E-state index in [9.17, 15) is 22.9 Å². The molecule has 0 amide bonds. The average Bonchev–Trinajstić information content (AvgIpc) is 2.58. The SMILES string of the molecule is O=C1C=CC([C@H](c2ccc(O)cc2)c2ccccc2S(=O)(=O)[O-])C=C1. The predicted molar refractivity (Wildman–Crippen MR) is 91.1 cm³/mol. The van der Waals surface area contributed by atoms with Crippen molar-refractivity contribution in [1.29, 1.82) is 0 Å². The van der Waals surface area contributed by atoms with Crippen LogP contribution in [0.5, 0.6) is 5.75 Å². The summed E-state index contributed by atoms with van der Waals surface area (Å²) in [4.78, 5) is 11.1. The summed E-state index contributed by atoms with van der Waals surface area (Å²) < 4.78 is 35.1. The largest absolute Gasteiger partial charge is 0.744 e. The van der Waals surface area contributed by atoms with Crippen molar-refractivity contribution in [2.75, 3.05) is 0 Å². The summed E-state index contributed by atoms with van der Waals surface area (Å²) in [6.45, 7) is 0. The zero-order chi connectivity index (χ0) is 18.0. The van der Waals surface area contributed by atoms with Gasteiger partial charge in [0.15, 0.2) is 5.78 Å². The van der Waals surface area contributed by atoms with E-state index in [1.807, 2.05) is 0 Å². The maximum atomic E-state index is 11.7. The second kappa shape index (κ2) is 6.66. The monoisotopic (exact) mass is 355 g/mol. The van der Waals surface area contributed by atoms with Crippen LogP contribution in [0.15, 0.2) is 77.7 Å². The van der Waals surface area contributed by atoms with Gasteiger partial charge in [-0.3, -0.25) is 4.79 Å². The standard InChI is InChI=1S/C19H16O5S/c20-15-9-5-13(6-10-15)19(14-7-11-16(21)12-8-14)17-3-1-2-4-18(17)25(22,23)24/h1-13,19,21H,(H,22,23,24)/p-1/t19-/m1/s1. The van der Waals surface area contributed by atoms with Gasteiger partial charge >= 0.3 is 0 Å². The minimum absolute atomic E-state index is 0.0807. The van der Waals surface area contributed by atoms with Gasteiger partial charge in [-0.25, -0.2) is 8.42 Å². The van der Waals surface area contributed by atoms with Crippen molar-refractivity contribution in [3.8, 4) is 5.75 Å². The van der Waals surface area contributed by atoms with E-state index < -0.39 is 16.0 Å². The summed E-state index contributed by atoms with van der Waals surface area (Å²) >= 11 is 0. The van der Waals surface area contributed by atoms with E-state index in [-0.39, 0.29) is 22.3 Å². The normalized spacial score (nSPS) is 16.1. The highest BCUT2D eigenvalue weighted by atomic mass is 32.2. The van der Waals surface area contributed by atoms with Crippen molar-refractivity contribution >= 4 is 15.9 Å². The molecular weight excluding hydrogens is 340 g/mol. The van der Waals surface area contributed by atoms with Gasteiger partial charge in [-0.2, -0.15) is 0 Å². The Morgan fingerprint density at radius 2 is 1.56 bits per heavy atom. The second-order valence-electron chi connectivity index (χ2n) is 5.76. The molecule has 0 fully saturated rings. The van der Waals surface area contributed by atoms with E-state index in [0.717, 1.165) is 5.56 Å². The molecule has 0 saturated carbocycles. The Morgan fingerprint density at radius 3 is 2.16 bits per heavy atom. The summed E-state index contributed by atoms with van der Waals surface area (Å²) in [5.41, 5.74) is 1.08. The second-order valence-corrected chi connectivity index (χ2v) is 7.11. The molecule has 0 radical (unpaired) electrons. The lowest BCUT2D eigenvalue weighted by atomic mass is 9.79. The van der Waals surface area contributed by atoms with Crippen molar-refractivity contribution in [2.24, 2.45) is 5.92 Å². The van der Waals surface area contributed by atoms with Crippen molar-refractivity contribution in [2.45, 2.75) is 10.8 Å². The fourth-order valence-electron chi connectivity index (χ4n) is 3.01. The maximum Gasteiger partial charge on any atom is 0.178 e. The fraction of sp³-hybridized carbons (Fsp3) is 0.105. The van der Waals surface area contributed by atoms with Gasteiger partial charge in [0, 0.05) is 11.8 Å². The molecule has 1 aliphatic rings. The number of hydrogen-bond acceptors (Lipinski definition) is 5. The van der Waals surface area contributed by atoms with E-state index in [1.165, 1.54) is 36.4 Å². The number of phenolic OH excluding ortho intramolecular Hbond substituents is 1. The summed E-state index contributed by atoms with van der Waals surface area (Å²) in [6.07, 6.45) is 6.22. The molecule has 1 aliphatic carbocycles. The van der Waals surface area contributed by atoms with Crippen LogP contribution in [0.3, 0.4) is 0 Å². The van der Waals surface area contributed by atoms with E-state index in [0.29, 0.717) is 5.56 Å². The topological polar surface area (TPSA) is 94.5 Å². The Bertz CT molecular complexity index is 940. The molecule has 1 atom stereocenters. The van der Waals surface area contributed by atoms with Gasteiger partial charge in [0.1, 0.15) is 15.9 Å². The average molecular weight is 355 g/mol. The number of aromatic hydroxyl groups is 1. The third-order valence-corrected chi connectivity index (χ3v) is 5.04. The van der Waals surface area contributed by atoms with E-state index in [4.69, 9.17) is 0 Å². The van der Waals surface area contributed by atoms with Crippen molar-refractivity contribution in [3.63, 3.8) is 0 Å². The van der Waals surface area contributed by atoms with Crippen LogP contribution in [0.2, 0.25) is 0 Å². The first-order valence-corrected chi connectivity index (χ1v) is 9.01. The first-order chi connectivity index (χ1) is 11.9. The van der Waals surface area contributed by atoms with Gasteiger partial charge in [-0.1, -0.05) is 42.5 Å². The lowest BCUT2D eigenvalue weighted by Crippen LogP contribution is -2.17. The number of hydrogen-bond donors (Lipinski definition) is 1. The zero-order valence-corrected chi connectivity index (χ0v) is 13.9. The highest BCUT2D eigenvalue weighted by Crippen LogP contribution is 2.38. The van der Waals surface area contributed by atoms with Crippen LogP contribution in [0.4, 0.5) is 0 Å². The zero-order valence-electron chi connectivity index (χ0n) is 13.1. The molecular formula is C19H15O5S-. The minimum atomic E-state index is -4.66. The van der Waals surface area contributed by atoms with Crippen molar-refractivity contribution in [1.82, 2.24) is 0 Å². The Labute approximate surface area is 145 Å². The molecule has 0 unspecified atom stereocenters. The van der Waals surface area contributed by atoms with Gasteiger partial charge in [0.05, 0.1) is 4.90 Å². The Morgan fingerprint density at radius 1 is 0.960 bits per heavy atom. The van der Waals surface area contributed by atoms with Gasteiger partial charge in [0.25, 0.3) is 0 Å². The number of carbonyl (C=O) groups is 1. The molecule has 2 aromatic rings. The number of benzene rings is 2. The fourth-order valence-corrected chi connectivity index (χ4v) is 3.74.